The molecule has 0 saturated carbocycles. The fraction of sp³-hybridized carbons (Fsp3) is 0.577. The van der Waals surface area contributed by atoms with Gasteiger partial charge in [0.05, 0.1) is 4.90 Å². The second-order valence-electron chi connectivity index (χ2n) is 9.46. The van der Waals surface area contributed by atoms with E-state index in [1.807, 2.05) is 30.3 Å². The number of carbonyl (C=O) groups is 1. The number of rotatable bonds is 9. The Morgan fingerprint density at radius 1 is 1.00 bits per heavy atom. The first kappa shape index (κ1) is 23.4. The number of hydrogen-bond acceptors (Lipinski definition) is 4. The molecule has 0 aromatic heterocycles. The molecule has 1 unspecified atom stereocenters. The molecule has 2 aromatic rings. The third kappa shape index (κ3) is 5.24. The Balaban J connectivity index is 1.43. The van der Waals surface area contributed by atoms with Crippen LogP contribution < -0.4 is 0 Å². The van der Waals surface area contributed by atoms with Gasteiger partial charge >= 0.3 is 0 Å². The number of piperidine rings is 1. The van der Waals surface area contributed by atoms with Crippen LogP contribution in [-0.2, 0) is 14.8 Å². The molecule has 2 fully saturated rings. The number of fused-ring (bicyclic) bond motifs is 1. The first-order valence-electron chi connectivity index (χ1n) is 12.2. The number of likely N-dealkylation sites (tertiary alicyclic amines) is 1. The SMILES string of the molecule is CCC[C@H]1CN(S(=O)(=O)c2ccc3ccccc3c2)CC1C(=O)CCCN1CCCCC1. The van der Waals surface area contributed by atoms with Crippen molar-refractivity contribution in [3.63, 3.8) is 0 Å². The molecule has 2 aromatic carbocycles. The summed E-state index contributed by atoms with van der Waals surface area (Å²) in [6, 6.07) is 13.1. The Morgan fingerprint density at radius 3 is 2.50 bits per heavy atom. The largest absolute Gasteiger partial charge is 0.303 e. The molecule has 4 rings (SSSR count). The molecule has 2 heterocycles. The highest BCUT2D eigenvalue weighted by Gasteiger charge is 2.41. The molecule has 0 aliphatic carbocycles. The van der Waals surface area contributed by atoms with Crippen LogP contribution in [0, 0.1) is 11.8 Å². The van der Waals surface area contributed by atoms with Crippen molar-refractivity contribution in [2.24, 2.45) is 11.8 Å². The Labute approximate surface area is 192 Å². The maximum absolute atomic E-state index is 13.4. The van der Waals surface area contributed by atoms with Crippen LogP contribution in [-0.4, -0.2) is 56.1 Å². The van der Waals surface area contributed by atoms with Gasteiger partial charge in [0.25, 0.3) is 0 Å². The van der Waals surface area contributed by atoms with Gasteiger partial charge in [-0.1, -0.05) is 50.1 Å². The lowest BCUT2D eigenvalue weighted by Gasteiger charge is -2.26. The fourth-order valence-corrected chi connectivity index (χ4v) is 6.94. The van der Waals surface area contributed by atoms with Crippen molar-refractivity contribution in [3.8, 4) is 0 Å². The lowest BCUT2D eigenvalue weighted by molar-refractivity contribution is -0.123. The van der Waals surface area contributed by atoms with Crippen molar-refractivity contribution < 1.29 is 13.2 Å². The molecule has 32 heavy (non-hydrogen) atoms. The van der Waals surface area contributed by atoms with Gasteiger partial charge in [-0.05, 0) is 74.1 Å². The van der Waals surface area contributed by atoms with Gasteiger partial charge in [-0.15, -0.1) is 0 Å². The Kier molecular flexibility index (Phi) is 7.64. The molecule has 6 heteroatoms. The van der Waals surface area contributed by atoms with Crippen LogP contribution in [0.25, 0.3) is 10.8 Å². The molecule has 0 N–H and O–H groups in total. The Morgan fingerprint density at radius 2 is 1.75 bits per heavy atom. The van der Waals surface area contributed by atoms with Gasteiger partial charge in [-0.25, -0.2) is 8.42 Å². The monoisotopic (exact) mass is 456 g/mol. The van der Waals surface area contributed by atoms with Crippen LogP contribution in [0.4, 0.5) is 0 Å². The molecule has 174 valence electrons. The van der Waals surface area contributed by atoms with E-state index in [2.05, 4.69) is 11.8 Å². The summed E-state index contributed by atoms with van der Waals surface area (Å²) >= 11 is 0. The number of carbonyl (C=O) groups excluding carboxylic acids is 1. The van der Waals surface area contributed by atoms with Gasteiger partial charge in [0.1, 0.15) is 5.78 Å². The molecular weight excluding hydrogens is 420 g/mol. The Bertz CT molecular complexity index is 1030. The van der Waals surface area contributed by atoms with E-state index in [1.54, 1.807) is 16.4 Å². The summed E-state index contributed by atoms with van der Waals surface area (Å²) in [4.78, 5) is 15.9. The number of sulfonamides is 1. The highest BCUT2D eigenvalue weighted by atomic mass is 32.2. The summed E-state index contributed by atoms with van der Waals surface area (Å²) < 4.78 is 28.4. The topological polar surface area (TPSA) is 57.7 Å². The van der Waals surface area contributed by atoms with Crippen LogP contribution in [0.15, 0.2) is 47.4 Å². The number of ketones is 1. The minimum Gasteiger partial charge on any atom is -0.303 e. The molecule has 0 spiro atoms. The third-order valence-electron chi connectivity index (χ3n) is 7.19. The van der Waals surface area contributed by atoms with Crippen LogP contribution >= 0.6 is 0 Å². The van der Waals surface area contributed by atoms with Crippen LogP contribution in [0.3, 0.4) is 0 Å². The predicted octanol–water partition coefficient (Wildman–Crippen LogP) is 4.71. The van der Waals surface area contributed by atoms with Gasteiger partial charge in [0.2, 0.25) is 10.0 Å². The van der Waals surface area contributed by atoms with Crippen molar-refractivity contribution in [2.45, 2.75) is 56.8 Å². The van der Waals surface area contributed by atoms with Crippen molar-refractivity contribution >= 4 is 26.6 Å². The highest BCUT2D eigenvalue weighted by Crippen LogP contribution is 2.33. The first-order valence-corrected chi connectivity index (χ1v) is 13.7. The van der Waals surface area contributed by atoms with E-state index >= 15 is 0 Å². The normalized spacial score (nSPS) is 23.0. The molecule has 2 saturated heterocycles. The molecule has 0 amide bonds. The van der Waals surface area contributed by atoms with Gasteiger partial charge in [0, 0.05) is 25.4 Å². The molecule has 0 radical (unpaired) electrons. The predicted molar refractivity (Wildman–Crippen MR) is 129 cm³/mol. The molecule has 0 bridgehead atoms. The zero-order valence-corrected chi connectivity index (χ0v) is 20.0. The Hall–Kier alpha value is -1.76. The summed E-state index contributed by atoms with van der Waals surface area (Å²) in [7, 11) is -3.61. The molecule has 2 aliphatic rings. The number of hydrogen-bond donors (Lipinski definition) is 0. The average molecular weight is 457 g/mol. The van der Waals surface area contributed by atoms with Crippen LogP contribution in [0.2, 0.25) is 0 Å². The van der Waals surface area contributed by atoms with E-state index in [-0.39, 0.29) is 17.6 Å². The van der Waals surface area contributed by atoms with Gasteiger partial charge < -0.3 is 4.90 Å². The average Bonchev–Trinajstić information content (AvgIpc) is 3.24. The third-order valence-corrected chi connectivity index (χ3v) is 9.01. The maximum atomic E-state index is 13.4. The molecular formula is C26H36N2O3S. The summed E-state index contributed by atoms with van der Waals surface area (Å²) in [5, 5.41) is 1.95. The zero-order valence-electron chi connectivity index (χ0n) is 19.2. The maximum Gasteiger partial charge on any atom is 0.243 e. The van der Waals surface area contributed by atoms with E-state index in [1.165, 1.54) is 19.3 Å². The summed E-state index contributed by atoms with van der Waals surface area (Å²) in [6.07, 6.45) is 7.14. The lowest BCUT2D eigenvalue weighted by Crippen LogP contribution is -2.32. The first-order chi connectivity index (χ1) is 15.5. The summed E-state index contributed by atoms with van der Waals surface area (Å²) in [6.45, 7) is 6.16. The smallest absolute Gasteiger partial charge is 0.243 e. The van der Waals surface area contributed by atoms with Gasteiger partial charge in [-0.2, -0.15) is 4.31 Å². The van der Waals surface area contributed by atoms with E-state index in [4.69, 9.17) is 0 Å². The highest BCUT2D eigenvalue weighted by molar-refractivity contribution is 7.89. The van der Waals surface area contributed by atoms with E-state index in [0.29, 0.717) is 24.4 Å². The van der Waals surface area contributed by atoms with Crippen molar-refractivity contribution in [2.75, 3.05) is 32.7 Å². The minimum absolute atomic E-state index is 0.123. The molecule has 2 aliphatic heterocycles. The second kappa shape index (κ2) is 10.4. The lowest BCUT2D eigenvalue weighted by atomic mass is 9.87. The van der Waals surface area contributed by atoms with Gasteiger partial charge in [0.15, 0.2) is 0 Å². The summed E-state index contributed by atoms with van der Waals surface area (Å²) in [5.74, 6) is 0.195. The van der Waals surface area contributed by atoms with Crippen LogP contribution in [0.1, 0.15) is 51.9 Å². The van der Waals surface area contributed by atoms with Crippen molar-refractivity contribution in [1.82, 2.24) is 9.21 Å². The standard InChI is InChI=1S/C26H36N2O3S/c1-2-9-23-19-28(20-25(23)26(29)12-8-17-27-15-6-3-7-16-27)32(30,31)24-14-13-21-10-4-5-11-22(21)18-24/h4-5,10-11,13-14,18,23,25H,2-3,6-9,12,15-17,19-20H2,1H3/t23-,25?/m0/s1. The minimum atomic E-state index is -3.61. The number of benzene rings is 2. The van der Waals surface area contributed by atoms with Gasteiger partial charge in [-0.3, -0.25) is 4.79 Å². The van der Waals surface area contributed by atoms with E-state index in [9.17, 15) is 13.2 Å². The second-order valence-corrected chi connectivity index (χ2v) is 11.4. The van der Waals surface area contributed by atoms with E-state index in [0.717, 1.165) is 49.7 Å². The molecule has 2 atom stereocenters. The molecule has 5 nitrogen and oxygen atoms in total. The fourth-order valence-electron chi connectivity index (χ4n) is 5.38. The van der Waals surface area contributed by atoms with Crippen LogP contribution in [0.5, 0.6) is 0 Å². The van der Waals surface area contributed by atoms with Crippen molar-refractivity contribution in [1.29, 1.82) is 0 Å². The number of nitrogens with zero attached hydrogens (tertiary/aromatic N) is 2. The number of Topliss-reactive ketones (excluding diaryl/α,β-unsaturated/α-hetero) is 1. The van der Waals surface area contributed by atoms with E-state index < -0.39 is 10.0 Å². The quantitative estimate of drug-likeness (QED) is 0.548. The van der Waals surface area contributed by atoms with Crippen molar-refractivity contribution in [3.05, 3.63) is 42.5 Å². The zero-order chi connectivity index (χ0) is 22.6. The summed E-state index contributed by atoms with van der Waals surface area (Å²) in [5.41, 5.74) is 0.